The van der Waals surface area contributed by atoms with Crippen LogP contribution in [0.25, 0.3) is 0 Å². The topological polar surface area (TPSA) is 138 Å². The fraction of sp³-hybridized carbons (Fsp3) is 0.552. The number of fused-ring (bicyclic) bond motifs is 1. The number of anilines is 1. The number of ether oxygens (including phenoxy) is 2. The molecule has 4 atom stereocenters. The first-order chi connectivity index (χ1) is 19.4. The Labute approximate surface area is 242 Å². The third-order valence-electron chi connectivity index (χ3n) is 7.26. The van der Waals surface area contributed by atoms with Gasteiger partial charge in [-0.15, -0.1) is 0 Å². The summed E-state index contributed by atoms with van der Waals surface area (Å²) >= 11 is 0. The second-order valence-corrected chi connectivity index (χ2v) is 12.8. The van der Waals surface area contributed by atoms with Gasteiger partial charge in [0.05, 0.1) is 36.7 Å². The zero-order valence-electron chi connectivity index (χ0n) is 24.4. The maximum absolute atomic E-state index is 14.1. The van der Waals surface area contributed by atoms with E-state index in [1.165, 1.54) is 23.7 Å². The van der Waals surface area contributed by atoms with Crippen molar-refractivity contribution in [1.29, 1.82) is 0 Å². The van der Waals surface area contributed by atoms with Crippen LogP contribution in [0.5, 0.6) is 5.75 Å². The summed E-state index contributed by atoms with van der Waals surface area (Å²) in [5.74, 6) is -0.612. The molecule has 0 fully saturated rings. The summed E-state index contributed by atoms with van der Waals surface area (Å²) in [4.78, 5) is 32.4. The predicted molar refractivity (Wildman–Crippen MR) is 157 cm³/mol. The largest absolute Gasteiger partial charge is 0.490 e. The molecule has 0 saturated heterocycles. The minimum atomic E-state index is -3.44. The number of aliphatic hydroxyl groups excluding tert-OH is 1. The van der Waals surface area contributed by atoms with Gasteiger partial charge in [-0.05, 0) is 63.4 Å². The fourth-order valence-corrected chi connectivity index (χ4v) is 4.98. The lowest BCUT2D eigenvalue weighted by Crippen LogP contribution is -2.47. The number of rotatable bonds is 7. The molecule has 1 aliphatic heterocycles. The Balaban J connectivity index is 1.99. The average Bonchev–Trinajstić information content (AvgIpc) is 2.94. The number of sulfonamides is 1. The highest BCUT2D eigenvalue weighted by Crippen LogP contribution is 2.29. The first-order valence-corrected chi connectivity index (χ1v) is 15.7. The van der Waals surface area contributed by atoms with Gasteiger partial charge in [0.15, 0.2) is 0 Å². The normalized spacial score (nSPS) is 21.9. The molecule has 11 nitrogen and oxygen atoms in total. The van der Waals surface area contributed by atoms with Gasteiger partial charge in [0.25, 0.3) is 11.8 Å². The van der Waals surface area contributed by atoms with Gasteiger partial charge in [-0.1, -0.05) is 6.92 Å². The van der Waals surface area contributed by atoms with Crippen LogP contribution in [0.2, 0.25) is 0 Å². The van der Waals surface area contributed by atoms with Gasteiger partial charge in [0, 0.05) is 56.3 Å². The number of hydrogen-bond donors (Lipinski definition) is 2. The highest BCUT2D eigenvalue weighted by molar-refractivity contribution is 7.88. The molecular formula is C29H42N4O7S. The number of hydrogen-bond acceptors (Lipinski definition) is 8. The number of carbonyl (C=O) groups excluding carboxylic acids is 2. The Morgan fingerprint density at radius 2 is 1.93 bits per heavy atom. The molecule has 0 radical (unpaired) electrons. The summed E-state index contributed by atoms with van der Waals surface area (Å²) in [5.41, 5.74) is 1.09. The lowest BCUT2D eigenvalue weighted by atomic mass is 10.0. The van der Waals surface area contributed by atoms with E-state index in [9.17, 15) is 23.1 Å². The number of benzene rings is 1. The second-order valence-electron chi connectivity index (χ2n) is 10.7. The summed E-state index contributed by atoms with van der Waals surface area (Å²) < 4.78 is 37.9. The van der Waals surface area contributed by atoms with Crippen molar-refractivity contribution >= 4 is 27.5 Å². The van der Waals surface area contributed by atoms with Crippen molar-refractivity contribution in [3.8, 4) is 5.75 Å². The number of nitrogens with one attached hydrogen (secondary N) is 1. The number of carbonyl (C=O) groups is 2. The number of nitrogens with zero attached hydrogens (tertiary/aromatic N) is 3. The quantitative estimate of drug-likeness (QED) is 0.502. The molecule has 2 aromatic rings. The van der Waals surface area contributed by atoms with Crippen LogP contribution in [0.4, 0.5) is 5.69 Å². The van der Waals surface area contributed by atoms with Gasteiger partial charge in [-0.3, -0.25) is 14.6 Å². The molecule has 1 aromatic carbocycles. The summed E-state index contributed by atoms with van der Waals surface area (Å²) in [6, 6.07) is 7.59. The number of amides is 2. The standard InChI is InChI=1S/C29H42N4O7S/c1-20-17-33(21(2)19-34)29(36)25-16-24(31-28(35)23-11-13-30-14-12-23)9-10-26(25)40-22(3)8-6-7-15-39-27(20)18-32(4)41(5,37)38/h9-14,16,20-22,27,34H,6-8,15,17-19H2,1-5H3,(H,31,35)/t20-,21+,22-,27+/m0/s1. The van der Waals surface area contributed by atoms with Gasteiger partial charge >= 0.3 is 0 Å². The lowest BCUT2D eigenvalue weighted by Gasteiger charge is -2.35. The third kappa shape index (κ3) is 9.22. The summed E-state index contributed by atoms with van der Waals surface area (Å²) in [6.45, 7) is 6.08. The van der Waals surface area contributed by atoms with Crippen molar-refractivity contribution in [2.75, 3.05) is 44.9 Å². The van der Waals surface area contributed by atoms with E-state index in [1.807, 2.05) is 13.8 Å². The van der Waals surface area contributed by atoms with Crippen molar-refractivity contribution in [1.82, 2.24) is 14.2 Å². The smallest absolute Gasteiger partial charge is 0.258 e. The Morgan fingerprint density at radius 1 is 1.22 bits per heavy atom. The molecule has 2 amide bonds. The molecule has 2 heterocycles. The highest BCUT2D eigenvalue weighted by atomic mass is 32.2. The molecular weight excluding hydrogens is 548 g/mol. The number of aliphatic hydroxyl groups is 1. The Hall–Kier alpha value is -3.06. The minimum absolute atomic E-state index is 0.136. The second kappa shape index (κ2) is 14.7. The molecule has 41 heavy (non-hydrogen) atoms. The zero-order chi connectivity index (χ0) is 30.2. The monoisotopic (exact) mass is 590 g/mol. The molecule has 0 spiro atoms. The third-order valence-corrected chi connectivity index (χ3v) is 8.54. The molecule has 0 unspecified atom stereocenters. The van der Waals surface area contributed by atoms with E-state index in [2.05, 4.69) is 10.3 Å². The Bertz CT molecular complexity index is 1280. The van der Waals surface area contributed by atoms with E-state index in [4.69, 9.17) is 9.47 Å². The highest BCUT2D eigenvalue weighted by Gasteiger charge is 2.31. The van der Waals surface area contributed by atoms with Gasteiger partial charge in [-0.2, -0.15) is 0 Å². The van der Waals surface area contributed by atoms with Gasteiger partial charge in [0.2, 0.25) is 10.0 Å². The van der Waals surface area contributed by atoms with Crippen molar-refractivity contribution < 1.29 is 32.6 Å². The van der Waals surface area contributed by atoms with Gasteiger partial charge in [-0.25, -0.2) is 12.7 Å². The summed E-state index contributed by atoms with van der Waals surface area (Å²) in [7, 11) is -1.93. The van der Waals surface area contributed by atoms with Crippen LogP contribution in [-0.4, -0.2) is 97.4 Å². The lowest BCUT2D eigenvalue weighted by molar-refractivity contribution is -0.00828. The van der Waals surface area contributed by atoms with Crippen molar-refractivity contribution in [2.24, 2.45) is 5.92 Å². The van der Waals surface area contributed by atoms with Crippen molar-refractivity contribution in [3.05, 3.63) is 53.9 Å². The van der Waals surface area contributed by atoms with E-state index in [1.54, 1.807) is 42.2 Å². The number of aromatic nitrogens is 1. The predicted octanol–water partition coefficient (Wildman–Crippen LogP) is 3.02. The minimum Gasteiger partial charge on any atom is -0.490 e. The molecule has 1 aromatic heterocycles. The molecule has 3 rings (SSSR count). The van der Waals surface area contributed by atoms with Crippen LogP contribution < -0.4 is 10.1 Å². The SMILES string of the molecule is C[C@H](CO)N1C[C@H](C)[C@@H](CN(C)S(C)(=O)=O)OCCCC[C@H](C)Oc2ccc(NC(=O)c3ccncc3)cc2C1=O. The van der Waals surface area contributed by atoms with E-state index in [0.29, 0.717) is 23.6 Å². The van der Waals surface area contributed by atoms with Crippen LogP contribution in [0.15, 0.2) is 42.7 Å². The zero-order valence-corrected chi connectivity index (χ0v) is 25.3. The molecule has 2 N–H and O–H groups in total. The van der Waals surface area contributed by atoms with Crippen molar-refractivity contribution in [3.63, 3.8) is 0 Å². The number of pyridine rings is 1. The average molecular weight is 591 g/mol. The van der Waals surface area contributed by atoms with Gasteiger partial charge < -0.3 is 24.8 Å². The van der Waals surface area contributed by atoms with E-state index in [0.717, 1.165) is 25.5 Å². The fourth-order valence-electron chi connectivity index (χ4n) is 4.56. The summed E-state index contributed by atoms with van der Waals surface area (Å²) in [5, 5.41) is 12.9. The molecule has 1 aliphatic rings. The van der Waals surface area contributed by atoms with E-state index < -0.39 is 22.2 Å². The maximum atomic E-state index is 14.1. The molecule has 12 heteroatoms. The van der Waals surface area contributed by atoms with Crippen LogP contribution >= 0.6 is 0 Å². The maximum Gasteiger partial charge on any atom is 0.258 e. The van der Waals surface area contributed by atoms with Crippen LogP contribution in [0.3, 0.4) is 0 Å². The van der Waals surface area contributed by atoms with E-state index >= 15 is 0 Å². The Kier molecular flexibility index (Phi) is 11.6. The molecule has 226 valence electrons. The molecule has 0 saturated carbocycles. The van der Waals surface area contributed by atoms with Gasteiger partial charge in [0.1, 0.15) is 5.75 Å². The van der Waals surface area contributed by atoms with E-state index in [-0.39, 0.29) is 49.1 Å². The first kappa shape index (κ1) is 32.5. The van der Waals surface area contributed by atoms with Crippen LogP contribution in [-0.2, 0) is 14.8 Å². The first-order valence-electron chi connectivity index (χ1n) is 13.9. The van der Waals surface area contributed by atoms with Crippen LogP contribution in [0, 0.1) is 5.92 Å². The summed E-state index contributed by atoms with van der Waals surface area (Å²) in [6.07, 6.45) is 5.83. The Morgan fingerprint density at radius 3 is 2.59 bits per heavy atom. The van der Waals surface area contributed by atoms with Crippen molar-refractivity contribution in [2.45, 2.75) is 58.3 Å². The number of likely N-dealkylation sites (N-methyl/N-ethyl adjacent to an activating group) is 1. The van der Waals surface area contributed by atoms with Crippen LogP contribution in [0.1, 0.15) is 60.7 Å². The molecule has 0 bridgehead atoms. The molecule has 0 aliphatic carbocycles.